The maximum absolute atomic E-state index is 12.3. The predicted molar refractivity (Wildman–Crippen MR) is 178 cm³/mol. The normalized spacial score (nSPS) is 15.0. The Morgan fingerprint density at radius 1 is 0.795 bits per heavy atom. The van der Waals surface area contributed by atoms with Crippen LogP contribution in [0.25, 0.3) is 0 Å². The number of rotatable bonds is 6. The Kier molecular flexibility index (Phi) is 13.2. The summed E-state index contributed by atoms with van der Waals surface area (Å²) in [6.07, 6.45) is 5.84. The summed E-state index contributed by atoms with van der Waals surface area (Å²) in [6, 6.07) is -0.717. The molecule has 0 spiro atoms. The molecule has 0 fully saturated rings. The number of nitrogens with two attached hydrogens (primary N) is 1. The molecule has 2 aromatic heterocycles. The smallest absolute Gasteiger partial charge is 0.328 e. The summed E-state index contributed by atoms with van der Waals surface area (Å²) in [7, 11) is 5.08. The molecule has 246 valence electrons. The number of anilines is 2. The van der Waals surface area contributed by atoms with E-state index in [0.717, 1.165) is 72.7 Å². The number of hydrogen-bond donors (Lipinski definition) is 2. The predicted octanol–water partition coefficient (Wildman–Crippen LogP) is 4.72. The van der Waals surface area contributed by atoms with E-state index in [4.69, 9.17) is 33.7 Å². The van der Waals surface area contributed by atoms with Gasteiger partial charge in [-0.25, -0.2) is 24.7 Å². The molecule has 3 N–H and O–H groups in total. The molecule has 0 radical (unpaired) electrons. The Morgan fingerprint density at radius 3 is 1.55 bits per heavy atom. The van der Waals surface area contributed by atoms with E-state index < -0.39 is 6.04 Å². The van der Waals surface area contributed by atoms with E-state index in [1.807, 2.05) is 67.5 Å². The molecule has 2 heterocycles. The highest BCUT2D eigenvalue weighted by Crippen LogP contribution is 2.31. The van der Waals surface area contributed by atoms with Crippen LogP contribution in [0.5, 0.6) is 0 Å². The molecular formula is C31H50Cl2N8O3. The first-order valence-electron chi connectivity index (χ1n) is 15.0. The van der Waals surface area contributed by atoms with Gasteiger partial charge in [0, 0.05) is 36.3 Å². The number of likely N-dealkylation sites (N-methyl/N-ethyl adjacent to an activating group) is 2. The van der Waals surface area contributed by atoms with Crippen LogP contribution in [0.3, 0.4) is 0 Å². The molecule has 2 aromatic rings. The fourth-order valence-electron chi connectivity index (χ4n) is 4.70. The molecule has 1 amide bonds. The van der Waals surface area contributed by atoms with Crippen molar-refractivity contribution in [2.75, 3.05) is 31.0 Å². The Hall–Kier alpha value is -2.76. The molecule has 0 bridgehead atoms. The molecule has 0 unspecified atom stereocenters. The van der Waals surface area contributed by atoms with E-state index in [1.54, 1.807) is 11.8 Å². The minimum Gasteiger partial charge on any atom is -0.467 e. The lowest BCUT2D eigenvalue weighted by atomic mass is 10.1. The number of esters is 1. The zero-order chi connectivity index (χ0) is 33.6. The second kappa shape index (κ2) is 15.5. The Bertz CT molecular complexity index is 1300. The summed E-state index contributed by atoms with van der Waals surface area (Å²) in [5.41, 5.74) is 9.33. The number of halogens is 2. The lowest BCUT2D eigenvalue weighted by Gasteiger charge is -2.30. The number of aromatic nitrogens is 4. The topological polar surface area (TPSA) is 139 Å². The van der Waals surface area contributed by atoms with Gasteiger partial charge >= 0.3 is 5.97 Å². The van der Waals surface area contributed by atoms with Crippen LogP contribution in [0, 0.1) is 0 Å². The van der Waals surface area contributed by atoms with Gasteiger partial charge in [-0.2, -0.15) is 0 Å². The maximum Gasteiger partial charge on any atom is 0.328 e. The quantitative estimate of drug-likeness (QED) is 0.333. The maximum atomic E-state index is 12.3. The lowest BCUT2D eigenvalue weighted by Crippen LogP contribution is -2.50. The Labute approximate surface area is 272 Å². The van der Waals surface area contributed by atoms with Gasteiger partial charge in [-0.15, -0.1) is 0 Å². The Morgan fingerprint density at radius 2 is 1.18 bits per heavy atom. The van der Waals surface area contributed by atoms with Gasteiger partial charge in [0.15, 0.2) is 0 Å². The number of carbonyl (C=O) groups excluding carboxylic acids is 2. The third-order valence-electron chi connectivity index (χ3n) is 7.02. The molecule has 13 heteroatoms. The highest BCUT2D eigenvalue weighted by atomic mass is 35.5. The third-order valence-corrected chi connectivity index (χ3v) is 7.36. The second-order valence-electron chi connectivity index (χ2n) is 13.4. The first kappa shape index (κ1) is 37.4. The van der Waals surface area contributed by atoms with Crippen molar-refractivity contribution in [3.05, 3.63) is 33.1 Å². The van der Waals surface area contributed by atoms with Crippen LogP contribution in [-0.2, 0) is 40.0 Å². The van der Waals surface area contributed by atoms with Gasteiger partial charge in [-0.05, 0) is 117 Å². The SMILES string of the molecule is CC(C)(C)N.COC(=O)[C@@H](C)N(C)c1nc(Cl)nc2c1CCC2.C[C@H](C(=O)NC(C)(C)C)N(C)c1nc(Cl)nc2c1CCC2. The monoisotopic (exact) mass is 652 g/mol. The van der Waals surface area contributed by atoms with E-state index in [0.29, 0.717) is 0 Å². The fourth-order valence-corrected chi connectivity index (χ4v) is 5.06. The van der Waals surface area contributed by atoms with Crippen molar-refractivity contribution >= 4 is 46.7 Å². The van der Waals surface area contributed by atoms with Crippen molar-refractivity contribution < 1.29 is 14.3 Å². The Balaban J connectivity index is 0.000000268. The average Bonchev–Trinajstić information content (AvgIpc) is 3.57. The summed E-state index contributed by atoms with van der Waals surface area (Å²) >= 11 is 11.9. The van der Waals surface area contributed by atoms with E-state index in [2.05, 4.69) is 25.3 Å². The molecule has 0 saturated carbocycles. The van der Waals surface area contributed by atoms with Gasteiger partial charge in [0.2, 0.25) is 16.5 Å². The van der Waals surface area contributed by atoms with Gasteiger partial charge in [-0.3, -0.25) is 4.79 Å². The lowest BCUT2D eigenvalue weighted by molar-refractivity contribution is -0.141. The average molecular weight is 654 g/mol. The standard InChI is InChI=1S/C15H23ClN4O.C12H16ClN3O2.C4H11N/c1-9(13(21)19-15(2,3)4)20(5)12-10-7-6-8-11(10)17-14(16)18-12;1-7(11(17)18-3)16(2)10-8-5-4-6-9(8)14-12(13)15-10;1-4(2,3)5/h9H,6-8H2,1-5H3,(H,19,21);7H,4-6H2,1-3H3;5H2,1-3H3/t9-;7-;/m11./s1. The number of aryl methyl sites for hydroxylation is 2. The first-order chi connectivity index (χ1) is 20.2. The summed E-state index contributed by atoms with van der Waals surface area (Å²) in [4.78, 5) is 44.7. The first-order valence-corrected chi connectivity index (χ1v) is 15.7. The van der Waals surface area contributed by atoms with Crippen LogP contribution in [0.2, 0.25) is 10.6 Å². The zero-order valence-electron chi connectivity index (χ0n) is 28.1. The molecule has 2 atom stereocenters. The molecule has 2 aliphatic rings. The van der Waals surface area contributed by atoms with Gasteiger partial charge in [0.1, 0.15) is 23.7 Å². The number of nitrogens with one attached hydrogen (secondary N) is 1. The van der Waals surface area contributed by atoms with Crippen LogP contribution >= 0.6 is 23.2 Å². The molecule has 4 rings (SSSR count). The molecule has 2 aliphatic carbocycles. The molecule has 11 nitrogen and oxygen atoms in total. The largest absolute Gasteiger partial charge is 0.467 e. The van der Waals surface area contributed by atoms with E-state index in [1.165, 1.54) is 7.11 Å². The minimum atomic E-state index is -0.398. The van der Waals surface area contributed by atoms with E-state index >= 15 is 0 Å². The van der Waals surface area contributed by atoms with Gasteiger partial charge in [-0.1, -0.05) is 0 Å². The summed E-state index contributed by atoms with van der Waals surface area (Å²) in [6.45, 7) is 15.5. The minimum absolute atomic E-state index is 0. The summed E-state index contributed by atoms with van der Waals surface area (Å²) < 4.78 is 4.75. The van der Waals surface area contributed by atoms with Crippen molar-refractivity contribution in [2.24, 2.45) is 5.73 Å². The summed E-state index contributed by atoms with van der Waals surface area (Å²) in [5.74, 6) is 1.20. The number of fused-ring (bicyclic) bond motifs is 2. The van der Waals surface area contributed by atoms with Crippen molar-refractivity contribution in [1.82, 2.24) is 25.3 Å². The van der Waals surface area contributed by atoms with Crippen LogP contribution < -0.4 is 20.9 Å². The number of amides is 1. The molecule has 44 heavy (non-hydrogen) atoms. The third kappa shape index (κ3) is 11.0. The van der Waals surface area contributed by atoms with Crippen LogP contribution in [0.4, 0.5) is 11.6 Å². The number of hydrogen-bond acceptors (Lipinski definition) is 10. The summed E-state index contributed by atoms with van der Waals surface area (Å²) in [5, 5.41) is 3.48. The van der Waals surface area contributed by atoms with Crippen molar-refractivity contribution in [1.29, 1.82) is 0 Å². The van der Waals surface area contributed by atoms with E-state index in [9.17, 15) is 9.59 Å². The highest BCUT2D eigenvalue weighted by molar-refractivity contribution is 6.28. The van der Waals surface area contributed by atoms with Gasteiger partial charge in [0.05, 0.1) is 18.5 Å². The molecular weight excluding hydrogens is 603 g/mol. The number of ether oxygens (including phenoxy) is 1. The molecule has 0 saturated heterocycles. The fraction of sp³-hybridized carbons (Fsp3) is 0.677. The zero-order valence-corrected chi connectivity index (χ0v) is 29.7. The van der Waals surface area contributed by atoms with Crippen molar-refractivity contribution in [3.8, 4) is 0 Å². The highest BCUT2D eigenvalue weighted by Gasteiger charge is 2.28. The second-order valence-corrected chi connectivity index (χ2v) is 14.1. The number of methoxy groups -OCH3 is 1. The van der Waals surface area contributed by atoms with Crippen LogP contribution in [0.1, 0.15) is 90.7 Å². The van der Waals surface area contributed by atoms with Gasteiger partial charge < -0.3 is 25.6 Å². The van der Waals surface area contributed by atoms with Gasteiger partial charge in [0.25, 0.3) is 0 Å². The van der Waals surface area contributed by atoms with Crippen molar-refractivity contribution in [2.45, 2.75) is 117 Å². The molecule has 0 aliphatic heterocycles. The van der Waals surface area contributed by atoms with Crippen LogP contribution in [0.15, 0.2) is 0 Å². The number of nitrogens with zero attached hydrogens (tertiary/aromatic N) is 6. The number of carbonyl (C=O) groups is 2. The van der Waals surface area contributed by atoms with E-state index in [-0.39, 0.29) is 39.6 Å². The van der Waals surface area contributed by atoms with Crippen LogP contribution in [-0.4, -0.2) is 76.2 Å². The van der Waals surface area contributed by atoms with Crippen molar-refractivity contribution in [3.63, 3.8) is 0 Å². The molecule has 0 aromatic carbocycles.